The molecule has 1 heterocycles. The van der Waals surface area contributed by atoms with Gasteiger partial charge in [0.05, 0.1) is 12.7 Å². The molecule has 1 radical (unpaired) electrons. The van der Waals surface area contributed by atoms with Crippen molar-refractivity contribution >= 4 is 38.7 Å². The number of likely N-dealkylation sites (tertiary alicyclic amines) is 1. The summed E-state index contributed by atoms with van der Waals surface area (Å²) in [6, 6.07) is 0. The van der Waals surface area contributed by atoms with Gasteiger partial charge >= 0.3 is 18.0 Å². The van der Waals surface area contributed by atoms with Gasteiger partial charge in [-0.25, -0.2) is 9.59 Å². The van der Waals surface area contributed by atoms with Crippen molar-refractivity contribution in [3.63, 3.8) is 0 Å². The zero-order valence-electron chi connectivity index (χ0n) is 15.7. The zero-order valence-corrected chi connectivity index (χ0v) is 19.0. The number of aliphatic hydroxyl groups excluding tert-OH is 1. The van der Waals surface area contributed by atoms with Crippen molar-refractivity contribution < 1.29 is 55.8 Å². The topological polar surface area (TPSA) is 89.9 Å². The number of β-lactam (4-membered cyclic amide) rings is 1. The fourth-order valence-electron chi connectivity index (χ4n) is 3.27. The minimum Gasteiger partial charge on any atom is -0.726 e. The van der Waals surface area contributed by atoms with Crippen LogP contribution in [-0.2, 0) is 54.1 Å². The van der Waals surface area contributed by atoms with Crippen LogP contribution >= 0.6 is 0 Å². The van der Waals surface area contributed by atoms with Gasteiger partial charge in [0.1, 0.15) is 20.6 Å². The fraction of sp³-hybridized carbons (Fsp3) is 0.688. The fourth-order valence-corrected chi connectivity index (χ4v) is 6.44. The van der Waals surface area contributed by atoms with E-state index in [1.165, 1.54) is 13.0 Å². The average molecular weight is 497 g/mol. The number of carbonyl (C=O) groups is 3. The van der Waals surface area contributed by atoms with Gasteiger partial charge in [-0.1, -0.05) is 32.3 Å². The summed E-state index contributed by atoms with van der Waals surface area (Å²) in [5.41, 5.74) is -1.03. The van der Waals surface area contributed by atoms with Crippen molar-refractivity contribution in [2.45, 2.75) is 50.6 Å². The van der Waals surface area contributed by atoms with E-state index in [0.717, 1.165) is 0 Å². The quantitative estimate of drug-likeness (QED) is 0.142. The minimum atomic E-state index is -2.44. The van der Waals surface area contributed by atoms with E-state index in [0.29, 0.717) is 0 Å². The van der Waals surface area contributed by atoms with Crippen LogP contribution < -0.4 is 0 Å². The number of hydrogen-bond acceptors (Lipinski definition) is 7. The third kappa shape index (κ3) is 4.35. The Bertz CT molecular complexity index is 567. The number of carbonyl (C=O) groups excluding carboxylic acids is 3. The maximum absolute atomic E-state index is 13.0. The van der Waals surface area contributed by atoms with E-state index in [1.807, 2.05) is 19.6 Å². The van der Waals surface area contributed by atoms with E-state index in [2.05, 4.69) is 6.58 Å². The molecule has 0 bridgehead atoms. The van der Waals surface area contributed by atoms with E-state index < -0.39 is 53.6 Å². The molecule has 7 nitrogen and oxygen atoms in total. The standard InChI is InChI=1S/C16H27NO6SSi.Ag/c1-7-9-23-16(21)17(12(19)11(10(3)18)13(17)24)14(25(4,5)6)15(20)22-8-2;/h7,10-11,13-14,18H,1,8-9H2,2-6H3;/t10?,11-,13+,14?,17?;/m0./s1. The molecule has 1 saturated heterocycles. The first-order valence-corrected chi connectivity index (χ1v) is 12.2. The van der Waals surface area contributed by atoms with Crippen molar-refractivity contribution in [1.82, 2.24) is 0 Å². The third-order valence-corrected chi connectivity index (χ3v) is 7.15. The van der Waals surface area contributed by atoms with Crippen molar-refractivity contribution in [1.29, 1.82) is 0 Å². The molecule has 10 heteroatoms. The number of rotatable bonds is 7. The van der Waals surface area contributed by atoms with Crippen molar-refractivity contribution in [3.8, 4) is 0 Å². The Balaban J connectivity index is 0.00000625. The molecule has 1 N–H and O–H groups in total. The molecule has 0 spiro atoms. The monoisotopic (exact) mass is 496 g/mol. The van der Waals surface area contributed by atoms with Gasteiger partial charge in [-0.2, -0.15) is 9.28 Å². The molecule has 2 amide bonds. The second kappa shape index (κ2) is 9.68. The summed E-state index contributed by atoms with van der Waals surface area (Å²) in [6.07, 6.45) is -0.530. The molecule has 1 aliphatic heterocycles. The van der Waals surface area contributed by atoms with Crippen LogP contribution in [0.15, 0.2) is 12.7 Å². The Morgan fingerprint density at radius 3 is 2.27 bits per heavy atom. The summed E-state index contributed by atoms with van der Waals surface area (Å²) < 4.78 is 9.36. The van der Waals surface area contributed by atoms with Gasteiger partial charge in [-0.3, -0.25) is 0 Å². The van der Waals surface area contributed by atoms with Gasteiger partial charge in [0.15, 0.2) is 5.67 Å². The summed E-state index contributed by atoms with van der Waals surface area (Å²) in [7, 11) is -2.44. The number of imide groups is 1. The Morgan fingerprint density at radius 1 is 1.38 bits per heavy atom. The first-order chi connectivity index (χ1) is 11.5. The van der Waals surface area contributed by atoms with E-state index in [-0.39, 0.29) is 35.6 Å². The predicted octanol–water partition coefficient (Wildman–Crippen LogP) is 1.34. The van der Waals surface area contributed by atoms with Crippen molar-refractivity contribution in [2.24, 2.45) is 5.92 Å². The number of aliphatic hydroxyl groups is 1. The molecule has 3 unspecified atom stereocenters. The van der Waals surface area contributed by atoms with Gasteiger partial charge in [0.2, 0.25) is 0 Å². The number of quaternary nitrogens is 1. The predicted molar refractivity (Wildman–Crippen MR) is 96.9 cm³/mol. The molecule has 0 aromatic carbocycles. The Morgan fingerprint density at radius 2 is 1.92 bits per heavy atom. The Kier molecular flexibility index (Phi) is 9.52. The molecular weight excluding hydrogens is 470 g/mol. The molecule has 1 aliphatic rings. The normalized spacial score (nSPS) is 27.4. The summed E-state index contributed by atoms with van der Waals surface area (Å²) in [6.45, 7) is 12.2. The van der Waals surface area contributed by atoms with Crippen molar-refractivity contribution in [2.75, 3.05) is 13.2 Å². The van der Waals surface area contributed by atoms with E-state index in [4.69, 9.17) is 22.1 Å². The van der Waals surface area contributed by atoms with Gasteiger partial charge < -0.3 is 27.2 Å². The van der Waals surface area contributed by atoms with Crippen LogP contribution in [-0.4, -0.2) is 66.0 Å². The smallest absolute Gasteiger partial charge is 0.522 e. The van der Waals surface area contributed by atoms with E-state index in [9.17, 15) is 19.5 Å². The summed E-state index contributed by atoms with van der Waals surface area (Å²) >= 11 is 5.43. The molecule has 153 valence electrons. The molecule has 0 aliphatic carbocycles. The SMILES string of the molecule is C=CCOC(=O)[N+]1(C(C(=O)OCC)[Si](C)(C)C)C(=O)[C@H](C(C)O)[C@H]1[S-].[Ag]. The molecule has 5 atom stereocenters. The summed E-state index contributed by atoms with van der Waals surface area (Å²) in [5, 5.41) is 8.86. The second-order valence-corrected chi connectivity index (χ2v) is 12.9. The van der Waals surface area contributed by atoms with Crippen LogP contribution in [0.4, 0.5) is 4.79 Å². The number of amides is 2. The number of esters is 1. The van der Waals surface area contributed by atoms with Crippen LogP contribution in [0.3, 0.4) is 0 Å². The molecule has 1 fully saturated rings. The van der Waals surface area contributed by atoms with Crippen molar-refractivity contribution in [3.05, 3.63) is 12.7 Å². The third-order valence-electron chi connectivity index (χ3n) is 4.24. The molecule has 0 aromatic rings. The van der Waals surface area contributed by atoms with Gasteiger partial charge in [0, 0.05) is 27.8 Å². The molecule has 0 saturated carbocycles. The van der Waals surface area contributed by atoms with Crippen LogP contribution in [0.5, 0.6) is 0 Å². The van der Waals surface area contributed by atoms with Crippen LogP contribution in [0.25, 0.3) is 0 Å². The molecule has 26 heavy (non-hydrogen) atoms. The molecular formula is C16H27AgNO6SSi. The van der Waals surface area contributed by atoms with Gasteiger partial charge in [-0.05, 0) is 13.8 Å². The zero-order chi connectivity index (χ0) is 19.6. The molecule has 1 rings (SSSR count). The van der Waals surface area contributed by atoms with Gasteiger partial charge in [-0.15, -0.1) is 0 Å². The first-order valence-electron chi connectivity index (χ1n) is 8.19. The molecule has 0 aromatic heterocycles. The Hall–Kier alpha value is -0.423. The van der Waals surface area contributed by atoms with E-state index >= 15 is 0 Å². The Labute approximate surface area is 176 Å². The largest absolute Gasteiger partial charge is 0.726 e. The first kappa shape index (κ1) is 25.6. The number of nitrogens with zero attached hydrogens (tertiary/aromatic N) is 1. The van der Waals surface area contributed by atoms with Crippen LogP contribution in [0, 0.1) is 5.92 Å². The maximum atomic E-state index is 13.0. The van der Waals surface area contributed by atoms with Crippen LogP contribution in [0.1, 0.15) is 13.8 Å². The number of ether oxygens (including phenoxy) is 2. The summed E-state index contributed by atoms with van der Waals surface area (Å²) in [5.74, 6) is -2.13. The van der Waals surface area contributed by atoms with Gasteiger partial charge in [0.25, 0.3) is 0 Å². The minimum absolute atomic E-state index is 0. The van der Waals surface area contributed by atoms with E-state index in [1.54, 1.807) is 6.92 Å². The summed E-state index contributed by atoms with van der Waals surface area (Å²) in [4.78, 5) is 38.5. The second-order valence-electron chi connectivity index (χ2n) is 7.16. The number of hydrogen-bond donors (Lipinski definition) is 1. The van der Waals surface area contributed by atoms with Crippen LogP contribution in [0.2, 0.25) is 19.6 Å². The maximum Gasteiger partial charge on any atom is 0.522 e. The average Bonchev–Trinajstić information content (AvgIpc) is 2.48.